The summed E-state index contributed by atoms with van der Waals surface area (Å²) in [4.78, 5) is 2.60. The Balaban J connectivity index is 2.15. The van der Waals surface area contributed by atoms with Gasteiger partial charge in [-0.1, -0.05) is 57.2 Å². The van der Waals surface area contributed by atoms with Gasteiger partial charge in [0.1, 0.15) is 0 Å². The molecule has 2 heteroatoms. The van der Waals surface area contributed by atoms with E-state index in [1.165, 1.54) is 57.1 Å². The van der Waals surface area contributed by atoms with Crippen molar-refractivity contribution in [2.75, 3.05) is 18.0 Å². The molecular formula is C19H32N2. The minimum absolute atomic E-state index is 0.511. The number of benzene rings is 1. The fourth-order valence-corrected chi connectivity index (χ4v) is 3.70. The summed E-state index contributed by atoms with van der Waals surface area (Å²) in [6, 6.07) is 11.4. The first-order valence-electron chi connectivity index (χ1n) is 8.88. The lowest BCUT2D eigenvalue weighted by Crippen LogP contribution is -2.46. The lowest BCUT2D eigenvalue weighted by molar-refractivity contribution is 0.357. The van der Waals surface area contributed by atoms with Crippen LogP contribution >= 0.6 is 0 Å². The standard InChI is InChI=1S/C19H32N2/c1-2-3-15-21(18-13-9-6-10-14-18)19(16-20)17-11-7-4-5-8-12-17/h6,9-10,13-14,17,19H,2-5,7-8,11-12,15-16,20H2,1H3. The van der Waals surface area contributed by atoms with Gasteiger partial charge in [0.25, 0.3) is 0 Å². The van der Waals surface area contributed by atoms with E-state index in [9.17, 15) is 0 Å². The number of unbranched alkanes of at least 4 members (excludes halogenated alkanes) is 1. The monoisotopic (exact) mass is 288 g/mol. The molecule has 0 bridgehead atoms. The molecule has 1 atom stereocenters. The highest BCUT2D eigenvalue weighted by Crippen LogP contribution is 2.30. The zero-order chi connectivity index (χ0) is 14.9. The van der Waals surface area contributed by atoms with E-state index >= 15 is 0 Å². The van der Waals surface area contributed by atoms with Gasteiger partial charge in [-0.15, -0.1) is 0 Å². The maximum atomic E-state index is 6.22. The molecule has 2 nitrogen and oxygen atoms in total. The van der Waals surface area contributed by atoms with Crippen LogP contribution in [0.25, 0.3) is 0 Å². The number of nitrogens with two attached hydrogens (primary N) is 1. The maximum absolute atomic E-state index is 6.22. The summed E-state index contributed by atoms with van der Waals surface area (Å²) in [6.45, 7) is 4.19. The van der Waals surface area contributed by atoms with Gasteiger partial charge in [0.2, 0.25) is 0 Å². The minimum atomic E-state index is 0.511. The second kappa shape index (κ2) is 9.09. The quantitative estimate of drug-likeness (QED) is 0.743. The molecule has 0 aliphatic heterocycles. The topological polar surface area (TPSA) is 29.3 Å². The van der Waals surface area contributed by atoms with Crippen LogP contribution in [0.2, 0.25) is 0 Å². The lowest BCUT2D eigenvalue weighted by Gasteiger charge is -2.38. The van der Waals surface area contributed by atoms with Gasteiger partial charge in [-0.2, -0.15) is 0 Å². The van der Waals surface area contributed by atoms with Gasteiger partial charge in [-0.05, 0) is 37.3 Å². The molecule has 0 aromatic heterocycles. The van der Waals surface area contributed by atoms with Gasteiger partial charge < -0.3 is 10.6 Å². The first-order chi connectivity index (χ1) is 10.4. The number of hydrogen-bond donors (Lipinski definition) is 1. The SMILES string of the molecule is CCCCN(c1ccccc1)C(CN)C1CCCCCC1. The normalized spacial score (nSPS) is 18.2. The Morgan fingerprint density at radius 1 is 1.10 bits per heavy atom. The van der Waals surface area contributed by atoms with Crippen LogP contribution in [0.5, 0.6) is 0 Å². The predicted octanol–water partition coefficient (Wildman–Crippen LogP) is 4.59. The van der Waals surface area contributed by atoms with Gasteiger partial charge in [-0.25, -0.2) is 0 Å². The molecule has 0 spiro atoms. The summed E-state index contributed by atoms with van der Waals surface area (Å²) < 4.78 is 0. The summed E-state index contributed by atoms with van der Waals surface area (Å²) in [5.74, 6) is 0.773. The van der Waals surface area contributed by atoms with Gasteiger partial charge in [0.05, 0.1) is 0 Å². The van der Waals surface area contributed by atoms with E-state index in [4.69, 9.17) is 5.73 Å². The van der Waals surface area contributed by atoms with Crippen molar-refractivity contribution in [3.63, 3.8) is 0 Å². The van der Waals surface area contributed by atoms with E-state index in [0.29, 0.717) is 6.04 Å². The summed E-state index contributed by atoms with van der Waals surface area (Å²) >= 11 is 0. The van der Waals surface area contributed by atoms with Gasteiger partial charge in [0.15, 0.2) is 0 Å². The van der Waals surface area contributed by atoms with Crippen molar-refractivity contribution >= 4 is 5.69 Å². The summed E-state index contributed by atoms with van der Waals surface area (Å²) in [5, 5.41) is 0. The Morgan fingerprint density at radius 3 is 2.33 bits per heavy atom. The van der Waals surface area contributed by atoms with Crippen molar-refractivity contribution in [2.24, 2.45) is 11.7 Å². The molecule has 0 amide bonds. The zero-order valence-corrected chi connectivity index (χ0v) is 13.6. The third kappa shape index (κ3) is 4.74. The first kappa shape index (κ1) is 16.4. The maximum Gasteiger partial charge on any atom is 0.0440 e. The molecular weight excluding hydrogens is 256 g/mol. The van der Waals surface area contributed by atoms with Crippen LogP contribution in [0.3, 0.4) is 0 Å². The average molecular weight is 288 g/mol. The highest BCUT2D eigenvalue weighted by Gasteiger charge is 2.27. The molecule has 2 N–H and O–H groups in total. The Labute approximate surface area is 130 Å². The summed E-state index contributed by atoms with van der Waals surface area (Å²) in [5.41, 5.74) is 7.58. The largest absolute Gasteiger partial charge is 0.367 e. The zero-order valence-electron chi connectivity index (χ0n) is 13.6. The van der Waals surface area contributed by atoms with E-state index in [0.717, 1.165) is 19.0 Å². The first-order valence-corrected chi connectivity index (χ1v) is 8.88. The van der Waals surface area contributed by atoms with Crippen molar-refractivity contribution < 1.29 is 0 Å². The summed E-state index contributed by atoms with van der Waals surface area (Å²) in [6.07, 6.45) is 10.8. The molecule has 21 heavy (non-hydrogen) atoms. The number of anilines is 1. The molecule has 1 saturated carbocycles. The number of nitrogens with zero attached hydrogens (tertiary/aromatic N) is 1. The second-order valence-electron chi connectivity index (χ2n) is 6.44. The fourth-order valence-electron chi connectivity index (χ4n) is 3.70. The third-order valence-corrected chi connectivity index (χ3v) is 4.93. The van der Waals surface area contributed by atoms with Crippen LogP contribution in [0.15, 0.2) is 30.3 Å². The van der Waals surface area contributed by atoms with E-state index < -0.39 is 0 Å². The molecule has 0 heterocycles. The van der Waals surface area contributed by atoms with Crippen molar-refractivity contribution in [2.45, 2.75) is 64.3 Å². The smallest absolute Gasteiger partial charge is 0.0440 e. The van der Waals surface area contributed by atoms with Gasteiger partial charge >= 0.3 is 0 Å². The Bertz CT molecular complexity index is 368. The van der Waals surface area contributed by atoms with Crippen LogP contribution in [0.4, 0.5) is 5.69 Å². The van der Waals surface area contributed by atoms with E-state index in [1.807, 2.05) is 0 Å². The second-order valence-corrected chi connectivity index (χ2v) is 6.44. The van der Waals surface area contributed by atoms with Crippen LogP contribution in [-0.4, -0.2) is 19.1 Å². The average Bonchev–Trinajstić information content (AvgIpc) is 2.81. The van der Waals surface area contributed by atoms with Crippen molar-refractivity contribution in [3.8, 4) is 0 Å². The van der Waals surface area contributed by atoms with Crippen LogP contribution in [-0.2, 0) is 0 Å². The number of hydrogen-bond acceptors (Lipinski definition) is 2. The highest BCUT2D eigenvalue weighted by atomic mass is 15.2. The Hall–Kier alpha value is -1.02. The van der Waals surface area contributed by atoms with Crippen molar-refractivity contribution in [1.29, 1.82) is 0 Å². The molecule has 1 aliphatic carbocycles. The molecule has 118 valence electrons. The Kier molecular flexibility index (Phi) is 7.08. The van der Waals surface area contributed by atoms with Crippen LogP contribution in [0, 0.1) is 5.92 Å². The van der Waals surface area contributed by atoms with Crippen LogP contribution < -0.4 is 10.6 Å². The molecule has 1 aromatic rings. The molecule has 0 radical (unpaired) electrons. The molecule has 1 aromatic carbocycles. The van der Waals surface area contributed by atoms with E-state index in [2.05, 4.69) is 42.2 Å². The molecule has 0 saturated heterocycles. The molecule has 1 aliphatic rings. The predicted molar refractivity (Wildman–Crippen MR) is 92.7 cm³/mol. The number of rotatable bonds is 7. The lowest BCUT2D eigenvalue weighted by atomic mass is 9.90. The third-order valence-electron chi connectivity index (χ3n) is 4.93. The van der Waals surface area contributed by atoms with E-state index in [1.54, 1.807) is 0 Å². The Morgan fingerprint density at radius 2 is 1.76 bits per heavy atom. The van der Waals surface area contributed by atoms with Crippen molar-refractivity contribution in [3.05, 3.63) is 30.3 Å². The number of para-hydroxylation sites is 1. The van der Waals surface area contributed by atoms with Gasteiger partial charge in [0, 0.05) is 24.8 Å². The molecule has 2 rings (SSSR count). The van der Waals surface area contributed by atoms with Crippen molar-refractivity contribution in [1.82, 2.24) is 0 Å². The molecule has 1 fully saturated rings. The van der Waals surface area contributed by atoms with E-state index in [-0.39, 0.29) is 0 Å². The molecule has 1 unspecified atom stereocenters. The fraction of sp³-hybridized carbons (Fsp3) is 0.684. The highest BCUT2D eigenvalue weighted by molar-refractivity contribution is 5.47. The van der Waals surface area contributed by atoms with Crippen LogP contribution in [0.1, 0.15) is 58.3 Å². The summed E-state index contributed by atoms with van der Waals surface area (Å²) in [7, 11) is 0. The minimum Gasteiger partial charge on any atom is -0.367 e. The van der Waals surface area contributed by atoms with Gasteiger partial charge in [-0.3, -0.25) is 0 Å².